The molecule has 0 saturated heterocycles. The maximum Gasteiger partial charge on any atom is 0.442 e. The summed E-state index contributed by atoms with van der Waals surface area (Å²) >= 11 is 1.53. The quantitative estimate of drug-likeness (QED) is 0.711. The average Bonchev–Trinajstić information content (AvgIpc) is 2.99. The first-order chi connectivity index (χ1) is 9.24. The molecule has 0 N–H and O–H groups in total. The number of aromatic nitrogens is 5. The molecule has 0 spiro atoms. The van der Waals surface area contributed by atoms with Gasteiger partial charge in [-0.25, -0.2) is 24.3 Å². The highest BCUT2D eigenvalue weighted by atomic mass is 32.1. The van der Waals surface area contributed by atoms with Gasteiger partial charge in [0.25, 0.3) is 0 Å². The van der Waals surface area contributed by atoms with Crippen molar-refractivity contribution >= 4 is 11.3 Å². The van der Waals surface area contributed by atoms with E-state index in [4.69, 9.17) is 0 Å². The molecule has 0 bridgehead atoms. The van der Waals surface area contributed by atoms with Crippen molar-refractivity contribution in [3.63, 3.8) is 0 Å². The standard InChI is InChI=1S/C11H9N5O2S/c1-7-14-8(6-19-7)5-16-10(15-18-11(16)17)9-12-3-2-4-13-9/h2-4,6H,5H2,1H3. The molecule has 0 unspecified atom stereocenters. The van der Waals surface area contributed by atoms with Crippen molar-refractivity contribution in [2.45, 2.75) is 13.5 Å². The lowest BCUT2D eigenvalue weighted by molar-refractivity contribution is 0.378. The molecule has 0 atom stereocenters. The summed E-state index contributed by atoms with van der Waals surface area (Å²) in [5.41, 5.74) is 0.782. The Morgan fingerprint density at radius 3 is 2.84 bits per heavy atom. The van der Waals surface area contributed by atoms with E-state index < -0.39 is 5.76 Å². The van der Waals surface area contributed by atoms with Gasteiger partial charge in [0.05, 0.1) is 17.2 Å². The van der Waals surface area contributed by atoms with Crippen molar-refractivity contribution in [3.05, 3.63) is 45.1 Å². The number of aryl methyl sites for hydroxylation is 1. The fraction of sp³-hybridized carbons (Fsp3) is 0.182. The van der Waals surface area contributed by atoms with E-state index in [2.05, 4.69) is 24.6 Å². The van der Waals surface area contributed by atoms with E-state index in [1.54, 1.807) is 18.5 Å². The van der Waals surface area contributed by atoms with Gasteiger partial charge >= 0.3 is 5.76 Å². The van der Waals surface area contributed by atoms with Gasteiger partial charge < -0.3 is 0 Å². The molecular weight excluding hydrogens is 266 g/mol. The van der Waals surface area contributed by atoms with Crippen molar-refractivity contribution in [2.24, 2.45) is 0 Å². The van der Waals surface area contributed by atoms with E-state index in [0.29, 0.717) is 18.2 Å². The van der Waals surface area contributed by atoms with Gasteiger partial charge in [-0.15, -0.1) is 11.3 Å². The van der Waals surface area contributed by atoms with Gasteiger partial charge in [0, 0.05) is 17.8 Å². The van der Waals surface area contributed by atoms with E-state index in [-0.39, 0.29) is 0 Å². The third-order valence-corrected chi connectivity index (χ3v) is 3.26. The molecule has 0 amide bonds. The Morgan fingerprint density at radius 2 is 2.16 bits per heavy atom. The monoisotopic (exact) mass is 275 g/mol. The van der Waals surface area contributed by atoms with Gasteiger partial charge in [0.1, 0.15) is 0 Å². The van der Waals surface area contributed by atoms with Crippen LogP contribution in [0.15, 0.2) is 33.2 Å². The molecule has 0 fully saturated rings. The fourth-order valence-electron chi connectivity index (χ4n) is 1.63. The van der Waals surface area contributed by atoms with Crippen LogP contribution in [0.1, 0.15) is 10.7 Å². The molecule has 3 heterocycles. The highest BCUT2D eigenvalue weighted by molar-refractivity contribution is 7.09. The molecule has 7 nitrogen and oxygen atoms in total. The van der Waals surface area contributed by atoms with Crippen molar-refractivity contribution in [2.75, 3.05) is 0 Å². The van der Waals surface area contributed by atoms with E-state index in [9.17, 15) is 4.79 Å². The van der Waals surface area contributed by atoms with E-state index in [0.717, 1.165) is 10.7 Å². The molecule has 0 aliphatic rings. The molecule has 3 rings (SSSR count). The highest BCUT2D eigenvalue weighted by Crippen LogP contribution is 2.13. The maximum absolute atomic E-state index is 11.7. The normalized spacial score (nSPS) is 10.8. The zero-order valence-corrected chi connectivity index (χ0v) is 10.8. The van der Waals surface area contributed by atoms with Crippen LogP contribution in [-0.4, -0.2) is 24.7 Å². The Balaban J connectivity index is 2.02. The molecular formula is C11H9N5O2S. The molecule has 0 aliphatic heterocycles. The molecule has 0 saturated carbocycles. The maximum atomic E-state index is 11.7. The predicted molar refractivity (Wildman–Crippen MR) is 67.7 cm³/mol. The summed E-state index contributed by atoms with van der Waals surface area (Å²) in [6, 6.07) is 1.69. The number of rotatable bonds is 3. The van der Waals surface area contributed by atoms with Crippen molar-refractivity contribution < 1.29 is 4.52 Å². The van der Waals surface area contributed by atoms with Crippen molar-refractivity contribution in [3.8, 4) is 11.6 Å². The zero-order chi connectivity index (χ0) is 13.2. The van der Waals surface area contributed by atoms with E-state index in [1.807, 2.05) is 12.3 Å². The van der Waals surface area contributed by atoms with Crippen LogP contribution in [0.25, 0.3) is 11.6 Å². The van der Waals surface area contributed by atoms with Crippen LogP contribution in [0.3, 0.4) is 0 Å². The van der Waals surface area contributed by atoms with Crippen LogP contribution in [0, 0.1) is 6.92 Å². The summed E-state index contributed by atoms with van der Waals surface area (Å²) in [6.45, 7) is 2.20. The molecule has 0 radical (unpaired) electrons. The first kappa shape index (κ1) is 11.7. The SMILES string of the molecule is Cc1nc(Cn2c(-c3ncccn3)noc2=O)cs1. The Morgan fingerprint density at radius 1 is 1.37 bits per heavy atom. The third kappa shape index (κ3) is 2.29. The molecule has 0 aromatic carbocycles. The Hall–Kier alpha value is -2.35. The Kier molecular flexibility index (Phi) is 2.92. The van der Waals surface area contributed by atoms with Gasteiger partial charge in [-0.2, -0.15) is 0 Å². The summed E-state index contributed by atoms with van der Waals surface area (Å²) in [6.07, 6.45) is 3.16. The van der Waals surface area contributed by atoms with Gasteiger partial charge in [-0.05, 0) is 13.0 Å². The second kappa shape index (κ2) is 4.73. The van der Waals surface area contributed by atoms with Crippen LogP contribution in [0.4, 0.5) is 0 Å². The first-order valence-corrected chi connectivity index (χ1v) is 6.37. The van der Waals surface area contributed by atoms with Gasteiger partial charge in [-0.1, -0.05) is 5.16 Å². The second-order valence-corrected chi connectivity index (χ2v) is 4.85. The van der Waals surface area contributed by atoms with E-state index in [1.165, 1.54) is 15.9 Å². The minimum Gasteiger partial charge on any atom is -0.295 e. The van der Waals surface area contributed by atoms with Gasteiger partial charge in [-0.3, -0.25) is 4.52 Å². The molecule has 0 aliphatic carbocycles. The van der Waals surface area contributed by atoms with Crippen LogP contribution in [-0.2, 0) is 6.54 Å². The molecule has 96 valence electrons. The minimum absolute atomic E-state index is 0.292. The smallest absolute Gasteiger partial charge is 0.295 e. The molecule has 19 heavy (non-hydrogen) atoms. The topological polar surface area (TPSA) is 86.7 Å². The number of hydrogen-bond donors (Lipinski definition) is 0. The van der Waals surface area contributed by atoms with Crippen LogP contribution < -0.4 is 5.76 Å². The lowest BCUT2D eigenvalue weighted by atomic mass is 10.4. The Bertz CT molecular complexity index is 746. The fourth-order valence-corrected chi connectivity index (χ4v) is 2.23. The third-order valence-electron chi connectivity index (χ3n) is 2.44. The minimum atomic E-state index is -0.548. The number of hydrogen-bond acceptors (Lipinski definition) is 7. The summed E-state index contributed by atoms with van der Waals surface area (Å²) in [5, 5.41) is 6.55. The summed E-state index contributed by atoms with van der Waals surface area (Å²) in [7, 11) is 0. The number of nitrogens with zero attached hydrogens (tertiary/aromatic N) is 5. The van der Waals surface area contributed by atoms with Crippen LogP contribution in [0.5, 0.6) is 0 Å². The van der Waals surface area contributed by atoms with Crippen LogP contribution in [0.2, 0.25) is 0 Å². The zero-order valence-electron chi connectivity index (χ0n) is 9.98. The largest absolute Gasteiger partial charge is 0.442 e. The summed E-state index contributed by atoms with van der Waals surface area (Å²) in [5.74, 6) is 0.102. The lowest BCUT2D eigenvalue weighted by Crippen LogP contribution is -2.17. The summed E-state index contributed by atoms with van der Waals surface area (Å²) in [4.78, 5) is 24.1. The van der Waals surface area contributed by atoms with Crippen LogP contribution >= 0.6 is 11.3 Å². The van der Waals surface area contributed by atoms with Crippen molar-refractivity contribution in [1.29, 1.82) is 0 Å². The van der Waals surface area contributed by atoms with Gasteiger partial charge in [0.15, 0.2) is 5.82 Å². The van der Waals surface area contributed by atoms with E-state index >= 15 is 0 Å². The average molecular weight is 275 g/mol. The number of thiazole rings is 1. The van der Waals surface area contributed by atoms with Gasteiger partial charge in [0.2, 0.25) is 5.82 Å². The molecule has 8 heteroatoms. The molecule has 3 aromatic rings. The second-order valence-electron chi connectivity index (χ2n) is 3.79. The first-order valence-electron chi connectivity index (χ1n) is 5.49. The predicted octanol–water partition coefficient (Wildman–Crippen LogP) is 1.11. The highest BCUT2D eigenvalue weighted by Gasteiger charge is 2.16. The lowest BCUT2D eigenvalue weighted by Gasteiger charge is -2.00. The summed E-state index contributed by atoms with van der Waals surface area (Å²) < 4.78 is 6.05. The molecule has 3 aromatic heterocycles. The Labute approximate surface area is 111 Å². The van der Waals surface area contributed by atoms with Crippen molar-refractivity contribution in [1.82, 2.24) is 24.7 Å².